The van der Waals surface area contributed by atoms with Gasteiger partial charge in [-0.05, 0) is 49.6 Å². The van der Waals surface area contributed by atoms with Crippen LogP contribution in [0.5, 0.6) is 5.75 Å². The van der Waals surface area contributed by atoms with Crippen LogP contribution in [-0.4, -0.2) is 87.6 Å². The average molecular weight is 630 g/mol. The van der Waals surface area contributed by atoms with Crippen molar-refractivity contribution in [3.05, 3.63) is 84.5 Å². The standard InChI is InChI=1S/C36H43N3O5S/c1-3-5-9-20-37-21-11-19-36-31(34(42)39(32(36)35(37)43)27(24-40)23-25-12-7-6-8-13-25)30-29(45-36)14-10-22-38(33(30)41)26-15-17-28(18-16-26)44-4-2/h6-8,10-19,27,29-32,40H,3-5,9,20-24H2,1-2H3/t27-,29+,30-,31+,32?,36+/m1/s1. The van der Waals surface area contributed by atoms with Gasteiger partial charge in [0.15, 0.2) is 0 Å². The van der Waals surface area contributed by atoms with E-state index < -0.39 is 28.7 Å². The molecule has 2 aromatic carbocycles. The number of fused-ring (bicyclic) bond motifs is 2. The lowest BCUT2D eigenvalue weighted by atomic mass is 9.78. The normalized spacial score (nSPS) is 28.1. The number of carbonyl (C=O) groups excluding carboxylic acids is 3. The van der Waals surface area contributed by atoms with Crippen molar-refractivity contribution in [1.29, 1.82) is 0 Å². The van der Waals surface area contributed by atoms with Gasteiger partial charge in [0.1, 0.15) is 11.8 Å². The first kappa shape index (κ1) is 31.4. The first-order valence-electron chi connectivity index (χ1n) is 16.3. The minimum Gasteiger partial charge on any atom is -0.494 e. The molecule has 1 N–H and O–H groups in total. The highest BCUT2D eigenvalue weighted by molar-refractivity contribution is 8.02. The number of likely N-dealkylation sites (tertiary alicyclic amines) is 1. The van der Waals surface area contributed by atoms with Gasteiger partial charge in [-0.25, -0.2) is 0 Å². The van der Waals surface area contributed by atoms with Gasteiger partial charge in [-0.15, -0.1) is 11.8 Å². The first-order valence-corrected chi connectivity index (χ1v) is 17.1. The maximum atomic E-state index is 14.8. The van der Waals surface area contributed by atoms with Crippen LogP contribution in [0.2, 0.25) is 0 Å². The average Bonchev–Trinajstić information content (AvgIpc) is 3.38. The molecule has 0 saturated carbocycles. The number of amides is 3. The van der Waals surface area contributed by atoms with E-state index in [-0.39, 0.29) is 29.6 Å². The van der Waals surface area contributed by atoms with E-state index in [1.807, 2.05) is 78.6 Å². The third-order valence-electron chi connectivity index (χ3n) is 9.59. The summed E-state index contributed by atoms with van der Waals surface area (Å²) < 4.78 is 4.69. The van der Waals surface area contributed by atoms with Gasteiger partial charge in [-0.3, -0.25) is 14.4 Å². The molecule has 0 aromatic heterocycles. The van der Waals surface area contributed by atoms with Gasteiger partial charge in [0.05, 0.1) is 35.8 Å². The van der Waals surface area contributed by atoms with Crippen molar-refractivity contribution >= 4 is 35.2 Å². The zero-order chi connectivity index (χ0) is 31.6. The molecular weight excluding hydrogens is 586 g/mol. The summed E-state index contributed by atoms with van der Waals surface area (Å²) in [7, 11) is 0. The highest BCUT2D eigenvalue weighted by Crippen LogP contribution is 2.61. The molecule has 3 amide bonds. The van der Waals surface area contributed by atoms with Crippen LogP contribution >= 0.6 is 11.8 Å². The number of unbranched alkanes of at least 4 members (excludes halogenated alkanes) is 2. The van der Waals surface area contributed by atoms with E-state index in [2.05, 4.69) is 19.1 Å². The lowest BCUT2D eigenvalue weighted by Gasteiger charge is -2.38. The number of thioether (sulfide) groups is 1. The van der Waals surface area contributed by atoms with Crippen molar-refractivity contribution in [2.45, 2.75) is 61.6 Å². The van der Waals surface area contributed by atoms with Crippen LogP contribution in [0.4, 0.5) is 5.69 Å². The Morgan fingerprint density at radius 1 is 0.956 bits per heavy atom. The molecule has 2 aromatic rings. The van der Waals surface area contributed by atoms with Gasteiger partial charge in [0, 0.05) is 30.6 Å². The molecule has 238 valence electrons. The van der Waals surface area contributed by atoms with E-state index in [0.29, 0.717) is 32.7 Å². The Kier molecular flexibility index (Phi) is 9.38. The summed E-state index contributed by atoms with van der Waals surface area (Å²) in [5.74, 6) is -1.10. The molecule has 0 radical (unpaired) electrons. The molecule has 8 nitrogen and oxygen atoms in total. The lowest BCUT2D eigenvalue weighted by molar-refractivity contribution is -0.145. The smallest absolute Gasteiger partial charge is 0.247 e. The Balaban J connectivity index is 1.40. The Labute approximate surface area is 270 Å². The van der Waals surface area contributed by atoms with Crippen molar-refractivity contribution in [2.24, 2.45) is 11.8 Å². The van der Waals surface area contributed by atoms with E-state index in [4.69, 9.17) is 4.74 Å². The second-order valence-corrected chi connectivity index (χ2v) is 13.8. The molecule has 4 heterocycles. The zero-order valence-corrected chi connectivity index (χ0v) is 26.9. The number of aliphatic hydroxyl groups excluding tert-OH is 1. The highest BCUT2D eigenvalue weighted by atomic mass is 32.2. The third kappa shape index (κ3) is 5.69. The lowest BCUT2D eigenvalue weighted by Crippen LogP contribution is -2.57. The van der Waals surface area contributed by atoms with Gasteiger partial charge >= 0.3 is 0 Å². The molecule has 0 bridgehead atoms. The fraction of sp³-hybridized carbons (Fsp3) is 0.472. The highest BCUT2D eigenvalue weighted by Gasteiger charge is 2.71. The molecular formula is C36H43N3O5S. The molecule has 4 aliphatic heterocycles. The van der Waals surface area contributed by atoms with Gasteiger partial charge < -0.3 is 24.5 Å². The molecule has 0 aliphatic carbocycles. The van der Waals surface area contributed by atoms with E-state index in [1.165, 1.54) is 0 Å². The second-order valence-electron chi connectivity index (χ2n) is 12.3. The van der Waals surface area contributed by atoms with Crippen LogP contribution in [0.3, 0.4) is 0 Å². The Morgan fingerprint density at radius 3 is 2.44 bits per heavy atom. The summed E-state index contributed by atoms with van der Waals surface area (Å²) in [6.07, 6.45) is 11.5. The molecule has 6 rings (SSSR count). The summed E-state index contributed by atoms with van der Waals surface area (Å²) in [6, 6.07) is 15.8. The van der Waals surface area contributed by atoms with E-state index in [0.717, 1.165) is 36.3 Å². The number of hydrogen-bond donors (Lipinski definition) is 1. The molecule has 45 heavy (non-hydrogen) atoms. The number of anilines is 1. The summed E-state index contributed by atoms with van der Waals surface area (Å²) >= 11 is 1.58. The number of aliphatic hydroxyl groups is 1. The predicted octanol–water partition coefficient (Wildman–Crippen LogP) is 4.48. The molecule has 1 unspecified atom stereocenters. The number of nitrogens with zero attached hydrogens (tertiary/aromatic N) is 3. The second kappa shape index (κ2) is 13.4. The number of hydrogen-bond acceptors (Lipinski definition) is 6. The minimum absolute atomic E-state index is 0.0952. The summed E-state index contributed by atoms with van der Waals surface area (Å²) in [5.41, 5.74) is 1.72. The largest absolute Gasteiger partial charge is 0.494 e. The van der Waals surface area contributed by atoms with Crippen LogP contribution < -0.4 is 9.64 Å². The monoisotopic (exact) mass is 629 g/mol. The molecule has 9 heteroatoms. The Hall–Kier alpha value is -3.56. The summed E-state index contributed by atoms with van der Waals surface area (Å²) in [4.78, 5) is 49.2. The first-order chi connectivity index (χ1) is 21.9. The third-order valence-corrected chi connectivity index (χ3v) is 11.3. The Bertz CT molecular complexity index is 1450. The Morgan fingerprint density at radius 2 is 1.73 bits per heavy atom. The van der Waals surface area contributed by atoms with Crippen molar-refractivity contribution in [3.63, 3.8) is 0 Å². The molecule has 1 spiro atoms. The maximum absolute atomic E-state index is 14.8. The van der Waals surface area contributed by atoms with Crippen LogP contribution in [0.1, 0.15) is 38.7 Å². The van der Waals surface area contributed by atoms with Crippen LogP contribution in [-0.2, 0) is 20.8 Å². The van der Waals surface area contributed by atoms with E-state index in [1.54, 1.807) is 21.6 Å². The minimum atomic E-state index is -0.922. The van der Waals surface area contributed by atoms with Gasteiger partial charge in [-0.1, -0.05) is 74.4 Å². The van der Waals surface area contributed by atoms with E-state index >= 15 is 0 Å². The SMILES string of the molecule is CCCCCN1CC=C[C@]23S[C@H]4C=CCN(c5ccc(OCC)cc5)C(=O)[C@H]4[C@H]2C(=O)N([C@@H](CO)Cc2ccccc2)C3C1=O. The number of ether oxygens (including phenoxy) is 1. The van der Waals surface area contributed by atoms with Crippen molar-refractivity contribution in [2.75, 3.05) is 37.7 Å². The maximum Gasteiger partial charge on any atom is 0.247 e. The van der Waals surface area contributed by atoms with Gasteiger partial charge in [0.25, 0.3) is 0 Å². The molecule has 6 atom stereocenters. The van der Waals surface area contributed by atoms with Crippen LogP contribution in [0, 0.1) is 11.8 Å². The van der Waals surface area contributed by atoms with Crippen LogP contribution in [0.15, 0.2) is 78.9 Å². The van der Waals surface area contributed by atoms with E-state index in [9.17, 15) is 19.5 Å². The van der Waals surface area contributed by atoms with Crippen molar-refractivity contribution in [3.8, 4) is 5.75 Å². The van der Waals surface area contributed by atoms with Crippen LogP contribution in [0.25, 0.3) is 0 Å². The summed E-state index contributed by atoms with van der Waals surface area (Å²) in [5, 5.41) is 10.5. The quantitative estimate of drug-likeness (QED) is 0.291. The predicted molar refractivity (Wildman–Crippen MR) is 177 cm³/mol. The fourth-order valence-electron chi connectivity index (χ4n) is 7.53. The fourth-order valence-corrected chi connectivity index (χ4v) is 9.52. The zero-order valence-electron chi connectivity index (χ0n) is 26.1. The summed E-state index contributed by atoms with van der Waals surface area (Å²) in [6.45, 7) is 5.81. The van der Waals surface area contributed by atoms with Gasteiger partial charge in [0.2, 0.25) is 17.7 Å². The van der Waals surface area contributed by atoms with Crippen molar-refractivity contribution < 1.29 is 24.2 Å². The number of carbonyl (C=O) groups is 3. The molecule has 2 saturated heterocycles. The topological polar surface area (TPSA) is 90.4 Å². The van der Waals surface area contributed by atoms with Crippen molar-refractivity contribution in [1.82, 2.24) is 9.80 Å². The van der Waals surface area contributed by atoms with Gasteiger partial charge in [-0.2, -0.15) is 0 Å². The number of benzene rings is 2. The number of rotatable bonds is 11. The molecule has 2 fully saturated rings. The molecule has 4 aliphatic rings.